The van der Waals surface area contributed by atoms with E-state index in [1.54, 1.807) is 12.4 Å². The molecule has 36 N–H and O–H groups in total. The standard InChI is InChI=1S/C58H100N18O24.ClH/c59-9-25-37(79)41(83)31(67)53(89-25)95-47-23(65)7-21(63)35(77)51(47)99-57-45(87)49(97-55-33(69)43(85)39(81)27(11-61)91-55)29(93-57)15-75-13-19(71-73-75)5-17-1-2-18(4-3-17)6-20-14-76(74-72-20)16-30-50(98-56-34(70)44(86)40(82)28(12-62)92-56)46(88)58(94-30)100-52-36(78)22(64)8-24(66)48(52)96-54-32(68)42(84)38(80)26(10-60)90-54;/h1-4,13-14,21-58,77-88H,5-12,15-16,59-70H2;1H/t21-,22-,23+,24+,25-,26-,27+,28+,29-,30-,31-,32-,33-,34-,35+,36+,37-,38-,39-,40-,41-,42-,43-,44-,45-,46-,47-,48-,49-,50-,51-,52-,53-,54-,55-,56-,57+,58+;/m1./s1. The molecular formula is C58H101ClN18O24. The summed E-state index contributed by atoms with van der Waals surface area (Å²) in [7, 11) is 0. The average molecular weight is 1470 g/mol. The number of aliphatic hydroxyl groups is 12. The Morgan fingerprint density at radius 3 is 0.891 bits per heavy atom. The van der Waals surface area contributed by atoms with Crippen molar-refractivity contribution >= 4 is 12.4 Å². The van der Waals surface area contributed by atoms with E-state index >= 15 is 0 Å². The van der Waals surface area contributed by atoms with Gasteiger partial charge in [0, 0.05) is 75.6 Å². The van der Waals surface area contributed by atoms with E-state index in [4.69, 9.17) is 126 Å². The molecule has 3 aromatic rings. The lowest BCUT2D eigenvalue weighted by Gasteiger charge is -2.47. The summed E-state index contributed by atoms with van der Waals surface area (Å²) < 4.78 is 76.6. The first-order valence-electron chi connectivity index (χ1n) is 33.3. The van der Waals surface area contributed by atoms with Crippen LogP contribution in [0.25, 0.3) is 0 Å². The Hall–Kier alpha value is -3.65. The van der Waals surface area contributed by atoms with Crippen LogP contribution in [0.2, 0.25) is 0 Å². The van der Waals surface area contributed by atoms with Crippen LogP contribution in [0.3, 0.4) is 0 Å². The van der Waals surface area contributed by atoms with Crippen molar-refractivity contribution in [2.45, 2.75) is 271 Å². The maximum absolute atomic E-state index is 12.1. The molecule has 8 aliphatic rings. The van der Waals surface area contributed by atoms with Gasteiger partial charge in [0.1, 0.15) is 134 Å². The number of benzene rings is 1. The molecule has 11 rings (SSSR count). The molecule has 38 atom stereocenters. The summed E-state index contributed by atoms with van der Waals surface area (Å²) in [5.74, 6) is 0. The summed E-state index contributed by atoms with van der Waals surface area (Å²) in [6.45, 7) is -1.21. The van der Waals surface area contributed by atoms with Crippen molar-refractivity contribution in [1.82, 2.24) is 30.0 Å². The van der Waals surface area contributed by atoms with Crippen LogP contribution in [-0.2, 0) is 82.8 Å². The number of nitrogens with two attached hydrogens (primary N) is 12. The first kappa shape index (κ1) is 79.9. The Bertz CT molecular complexity index is 2870. The first-order valence-corrected chi connectivity index (χ1v) is 33.3. The number of rotatable bonds is 24. The van der Waals surface area contributed by atoms with E-state index < -0.39 is 233 Å². The third-order valence-corrected chi connectivity index (χ3v) is 20.1. The van der Waals surface area contributed by atoms with Gasteiger partial charge in [-0.2, -0.15) is 0 Å². The van der Waals surface area contributed by atoms with Crippen molar-refractivity contribution in [2.24, 2.45) is 68.8 Å². The van der Waals surface area contributed by atoms with Crippen LogP contribution in [0, 0.1) is 0 Å². The fraction of sp³-hybridized carbons (Fsp3) is 0.828. The summed E-state index contributed by atoms with van der Waals surface area (Å²) in [5, 5.41) is 150. The predicted octanol–water partition coefficient (Wildman–Crippen LogP) is -15.3. The van der Waals surface area contributed by atoms with Gasteiger partial charge in [-0.15, -0.1) is 22.6 Å². The van der Waals surface area contributed by atoms with Crippen molar-refractivity contribution in [3.05, 3.63) is 59.2 Å². The van der Waals surface area contributed by atoms with Gasteiger partial charge < -0.3 is 187 Å². The van der Waals surface area contributed by atoms with E-state index in [2.05, 4.69) is 20.6 Å². The molecule has 1 aromatic carbocycles. The minimum absolute atomic E-state index is 0. The Balaban J connectivity index is 0.0000110. The minimum Gasteiger partial charge on any atom is -0.389 e. The number of aliphatic hydroxyl groups excluding tert-OH is 12. The molecule has 8 fully saturated rings. The summed E-state index contributed by atoms with van der Waals surface area (Å²) in [6.07, 6.45) is -38.4. The van der Waals surface area contributed by atoms with E-state index in [-0.39, 0.29) is 77.4 Å². The number of aromatic nitrogens is 6. The maximum atomic E-state index is 12.1. The second kappa shape index (κ2) is 34.1. The second-order valence-corrected chi connectivity index (χ2v) is 27.2. The lowest BCUT2D eigenvalue weighted by Crippen LogP contribution is -2.68. The molecule has 6 saturated heterocycles. The van der Waals surface area contributed by atoms with Gasteiger partial charge in [0.15, 0.2) is 37.7 Å². The lowest BCUT2D eigenvalue weighted by atomic mass is 9.84. The highest BCUT2D eigenvalue weighted by Gasteiger charge is 2.58. The molecule has 2 saturated carbocycles. The molecule has 574 valence electrons. The normalized spacial score (nSPS) is 46.8. The zero-order valence-corrected chi connectivity index (χ0v) is 55.6. The molecule has 0 amide bonds. The van der Waals surface area contributed by atoms with Gasteiger partial charge in [0.05, 0.1) is 60.9 Å². The maximum Gasteiger partial charge on any atom is 0.187 e. The van der Waals surface area contributed by atoms with Crippen molar-refractivity contribution in [3.8, 4) is 0 Å². The SMILES string of the molecule is Cl.NC[C@@H]1O[C@H](O[C@H]2[C@@H](O)[C@H](O[C@@H]3[C@@H](O)[C@H](N)C[C@H](N)[C@H]3O[C@H]3O[C@H](CN)[C@@H](O)[C@H](O)[C@H]3N)O[C@@H]2Cn2cc(Cc3ccc(Cc4cn(C[C@H]5O[C@@H](O[C@@H]6[C@@H](O)[C@H](N)C[C@H](N)[C@H]6O[C@H]6O[C@H](CN)[C@@H](O)[C@H](O)[C@H]6N)[C@H](O)[C@@H]5O[C@H]5O[C@@H](CN)[C@@H](O)[C@H](O)[C@H]5N)nn4)cc3)nn2)[C@H](N)[C@@H](O)[C@@H]1O. The van der Waals surface area contributed by atoms with E-state index in [9.17, 15) is 61.3 Å². The summed E-state index contributed by atoms with van der Waals surface area (Å²) in [5.41, 5.74) is 76.8. The number of halogens is 1. The van der Waals surface area contributed by atoms with Gasteiger partial charge in [-0.3, -0.25) is 0 Å². The smallest absolute Gasteiger partial charge is 0.187 e. The Morgan fingerprint density at radius 1 is 0.337 bits per heavy atom. The fourth-order valence-electron chi connectivity index (χ4n) is 14.1. The van der Waals surface area contributed by atoms with Crippen molar-refractivity contribution < 1.29 is 118 Å². The number of nitrogens with zero attached hydrogens (tertiary/aromatic N) is 6. The second-order valence-electron chi connectivity index (χ2n) is 27.2. The highest BCUT2D eigenvalue weighted by atomic mass is 35.5. The molecule has 0 bridgehead atoms. The highest BCUT2D eigenvalue weighted by molar-refractivity contribution is 5.85. The van der Waals surface area contributed by atoms with E-state index in [0.29, 0.717) is 11.4 Å². The summed E-state index contributed by atoms with van der Waals surface area (Å²) in [6, 6.07) is -1.63. The van der Waals surface area contributed by atoms with Crippen molar-refractivity contribution in [2.75, 3.05) is 26.2 Å². The Kier molecular flexibility index (Phi) is 27.0. The molecular weight excluding hydrogens is 1370 g/mol. The monoisotopic (exact) mass is 1470 g/mol. The Morgan fingerprint density at radius 2 is 0.604 bits per heavy atom. The largest absolute Gasteiger partial charge is 0.389 e. The average Bonchev–Trinajstić information content (AvgIpc) is 1.76. The lowest BCUT2D eigenvalue weighted by molar-refractivity contribution is -0.306. The quantitative estimate of drug-likeness (QED) is 0.0396. The summed E-state index contributed by atoms with van der Waals surface area (Å²) >= 11 is 0. The molecule has 0 spiro atoms. The Labute approximate surface area is 584 Å². The van der Waals surface area contributed by atoms with Crippen LogP contribution in [0.15, 0.2) is 36.7 Å². The highest BCUT2D eigenvalue weighted by Crippen LogP contribution is 2.38. The van der Waals surface area contributed by atoms with Gasteiger partial charge in [0.2, 0.25) is 0 Å². The summed E-state index contributed by atoms with van der Waals surface area (Å²) in [4.78, 5) is 0. The topological polar surface area (TPSA) is 727 Å². The predicted molar refractivity (Wildman–Crippen MR) is 342 cm³/mol. The van der Waals surface area contributed by atoms with Crippen LogP contribution in [-0.4, -0.2) is 350 Å². The molecule has 8 heterocycles. The van der Waals surface area contributed by atoms with Crippen molar-refractivity contribution in [3.63, 3.8) is 0 Å². The molecule has 6 aliphatic heterocycles. The van der Waals surface area contributed by atoms with Crippen molar-refractivity contribution in [1.29, 1.82) is 0 Å². The molecule has 101 heavy (non-hydrogen) atoms. The van der Waals surface area contributed by atoms with Gasteiger partial charge in [0.25, 0.3) is 0 Å². The van der Waals surface area contributed by atoms with E-state index in [1.807, 2.05) is 24.3 Å². The minimum atomic E-state index is -1.71. The number of hydrogen-bond donors (Lipinski definition) is 24. The van der Waals surface area contributed by atoms with Gasteiger partial charge in [-0.25, -0.2) is 9.36 Å². The fourth-order valence-corrected chi connectivity index (χ4v) is 14.1. The van der Waals surface area contributed by atoms with Crippen LogP contribution < -0.4 is 68.8 Å². The number of ether oxygens (including phenoxy) is 12. The first-order chi connectivity index (χ1) is 47.6. The van der Waals surface area contributed by atoms with Crippen LogP contribution in [0.4, 0.5) is 0 Å². The van der Waals surface area contributed by atoms with Gasteiger partial charge >= 0.3 is 0 Å². The third-order valence-electron chi connectivity index (χ3n) is 20.1. The number of hydrogen-bond acceptors (Lipinski definition) is 40. The molecule has 42 nitrogen and oxygen atoms in total. The van der Waals surface area contributed by atoms with E-state index in [0.717, 1.165) is 11.1 Å². The molecule has 2 aromatic heterocycles. The zero-order chi connectivity index (χ0) is 72.0. The zero-order valence-electron chi connectivity index (χ0n) is 54.8. The van der Waals surface area contributed by atoms with E-state index in [1.165, 1.54) is 9.36 Å². The third kappa shape index (κ3) is 17.0. The van der Waals surface area contributed by atoms with Crippen LogP contribution in [0.5, 0.6) is 0 Å². The van der Waals surface area contributed by atoms with Crippen LogP contribution in [0.1, 0.15) is 35.4 Å². The molecule has 2 aliphatic carbocycles. The molecule has 0 radical (unpaired) electrons. The molecule has 43 heteroatoms. The van der Waals surface area contributed by atoms with Crippen LogP contribution >= 0.6 is 12.4 Å². The van der Waals surface area contributed by atoms with Gasteiger partial charge in [-0.05, 0) is 24.0 Å². The molecule has 0 unspecified atom stereocenters. The van der Waals surface area contributed by atoms with Gasteiger partial charge in [-0.1, -0.05) is 34.7 Å².